The van der Waals surface area contributed by atoms with Crippen molar-refractivity contribution < 1.29 is 0 Å². The summed E-state index contributed by atoms with van der Waals surface area (Å²) in [6.45, 7) is 7.69. The Hall–Kier alpha value is -0.540. The number of nitrogens with one attached hydrogen (secondary N) is 1. The van der Waals surface area contributed by atoms with E-state index >= 15 is 0 Å². The number of aromatic nitrogens is 2. The van der Waals surface area contributed by atoms with Gasteiger partial charge in [-0.1, -0.05) is 38.3 Å². The molecule has 0 aliphatic heterocycles. The zero-order chi connectivity index (χ0) is 15.4. The molecule has 0 aromatic carbocycles. The number of hydrogen-bond acceptors (Lipinski definition) is 2. The first-order valence-electron chi connectivity index (χ1n) is 8.44. The second kappa shape index (κ2) is 7.64. The van der Waals surface area contributed by atoms with Crippen molar-refractivity contribution in [2.45, 2.75) is 65.3 Å². The van der Waals surface area contributed by atoms with Crippen LogP contribution in [0.15, 0.2) is 0 Å². The van der Waals surface area contributed by atoms with Crippen molar-refractivity contribution in [2.75, 3.05) is 6.54 Å². The lowest BCUT2D eigenvalue weighted by molar-refractivity contribution is 0.227. The maximum absolute atomic E-state index is 6.44. The van der Waals surface area contributed by atoms with Gasteiger partial charge in [0.25, 0.3) is 0 Å². The van der Waals surface area contributed by atoms with Gasteiger partial charge < -0.3 is 5.32 Å². The highest BCUT2D eigenvalue weighted by atomic mass is 35.5. The SMILES string of the molecule is CCCNC(Cc1c(Cl)c(C)nn1C)C1CCC(C)CC1. The van der Waals surface area contributed by atoms with Crippen LogP contribution in [0.3, 0.4) is 0 Å². The van der Waals surface area contributed by atoms with Crippen molar-refractivity contribution in [2.24, 2.45) is 18.9 Å². The molecule has 0 bridgehead atoms. The topological polar surface area (TPSA) is 29.9 Å². The third kappa shape index (κ3) is 4.23. The third-order valence-electron chi connectivity index (χ3n) is 4.96. The minimum atomic E-state index is 0.532. The summed E-state index contributed by atoms with van der Waals surface area (Å²) in [5.41, 5.74) is 2.13. The van der Waals surface area contributed by atoms with Gasteiger partial charge in [0.2, 0.25) is 0 Å². The summed E-state index contributed by atoms with van der Waals surface area (Å²) < 4.78 is 1.96. The molecule has 1 aliphatic rings. The van der Waals surface area contributed by atoms with Gasteiger partial charge in [-0.15, -0.1) is 0 Å². The van der Waals surface area contributed by atoms with E-state index in [-0.39, 0.29) is 0 Å². The van der Waals surface area contributed by atoms with Gasteiger partial charge in [0, 0.05) is 19.5 Å². The first kappa shape index (κ1) is 16.8. The van der Waals surface area contributed by atoms with Gasteiger partial charge in [0.05, 0.1) is 16.4 Å². The van der Waals surface area contributed by atoms with Crippen LogP contribution in [-0.2, 0) is 13.5 Å². The molecule has 0 amide bonds. The Bertz CT molecular complexity index is 447. The van der Waals surface area contributed by atoms with Gasteiger partial charge in [0.15, 0.2) is 0 Å². The molecular formula is C17H30ClN3. The summed E-state index contributed by atoms with van der Waals surface area (Å²) in [5.74, 6) is 1.68. The monoisotopic (exact) mass is 311 g/mol. The maximum atomic E-state index is 6.44. The molecule has 1 unspecified atom stereocenters. The predicted molar refractivity (Wildman–Crippen MR) is 89.9 cm³/mol. The summed E-state index contributed by atoms with van der Waals surface area (Å²) in [5, 5.41) is 9.08. The number of hydrogen-bond donors (Lipinski definition) is 1. The summed E-state index contributed by atoms with van der Waals surface area (Å²) in [6, 6.07) is 0.532. The molecule has 0 radical (unpaired) electrons. The molecule has 2 rings (SSSR count). The summed E-state index contributed by atoms with van der Waals surface area (Å²) in [6.07, 6.45) is 7.60. The van der Waals surface area contributed by atoms with Crippen molar-refractivity contribution in [3.63, 3.8) is 0 Å². The summed E-state index contributed by atoms with van der Waals surface area (Å²) >= 11 is 6.44. The van der Waals surface area contributed by atoms with E-state index in [2.05, 4.69) is 24.3 Å². The fraction of sp³-hybridized carbons (Fsp3) is 0.824. The Kier molecular flexibility index (Phi) is 6.12. The molecule has 0 spiro atoms. The van der Waals surface area contributed by atoms with Crippen LogP contribution in [0.4, 0.5) is 0 Å². The average molecular weight is 312 g/mol. The van der Waals surface area contributed by atoms with Gasteiger partial charge in [-0.25, -0.2) is 0 Å². The van der Waals surface area contributed by atoms with E-state index in [1.807, 2.05) is 18.7 Å². The average Bonchev–Trinajstić information content (AvgIpc) is 2.70. The highest BCUT2D eigenvalue weighted by Gasteiger charge is 2.27. The molecular weight excluding hydrogens is 282 g/mol. The minimum Gasteiger partial charge on any atom is -0.313 e. The molecule has 1 aliphatic carbocycles. The molecule has 1 atom stereocenters. The van der Waals surface area contributed by atoms with Crippen LogP contribution in [-0.4, -0.2) is 22.4 Å². The molecule has 1 fully saturated rings. The maximum Gasteiger partial charge on any atom is 0.0847 e. The standard InChI is InChI=1S/C17H30ClN3/c1-5-10-19-15(14-8-6-12(2)7-9-14)11-16-17(18)13(3)20-21(16)4/h12,14-15,19H,5-11H2,1-4H3. The Morgan fingerprint density at radius 3 is 2.52 bits per heavy atom. The first-order chi connectivity index (χ1) is 10.0. The second-order valence-electron chi connectivity index (χ2n) is 6.75. The molecule has 21 heavy (non-hydrogen) atoms. The van der Waals surface area contributed by atoms with E-state index in [1.54, 1.807) is 0 Å². The van der Waals surface area contributed by atoms with Crippen LogP contribution in [0.1, 0.15) is 57.3 Å². The minimum absolute atomic E-state index is 0.532. The van der Waals surface area contributed by atoms with Gasteiger partial charge in [-0.05, 0) is 44.6 Å². The Labute approximate surface area is 134 Å². The van der Waals surface area contributed by atoms with Crippen LogP contribution in [0, 0.1) is 18.8 Å². The van der Waals surface area contributed by atoms with Crippen molar-refractivity contribution in [1.29, 1.82) is 0 Å². The summed E-state index contributed by atoms with van der Waals surface area (Å²) in [7, 11) is 2.01. The van der Waals surface area contributed by atoms with Crippen LogP contribution in [0.2, 0.25) is 5.02 Å². The number of aryl methyl sites for hydroxylation is 2. The molecule has 1 saturated carbocycles. The van der Waals surface area contributed by atoms with E-state index in [1.165, 1.54) is 37.8 Å². The summed E-state index contributed by atoms with van der Waals surface area (Å²) in [4.78, 5) is 0. The van der Waals surface area contributed by atoms with Crippen molar-refractivity contribution in [3.8, 4) is 0 Å². The zero-order valence-electron chi connectivity index (χ0n) is 14.0. The second-order valence-corrected chi connectivity index (χ2v) is 7.13. The van der Waals surface area contributed by atoms with E-state index in [0.29, 0.717) is 6.04 Å². The largest absolute Gasteiger partial charge is 0.313 e. The van der Waals surface area contributed by atoms with Crippen molar-refractivity contribution in [3.05, 3.63) is 16.4 Å². The van der Waals surface area contributed by atoms with Gasteiger partial charge in [0.1, 0.15) is 0 Å². The quantitative estimate of drug-likeness (QED) is 0.856. The van der Waals surface area contributed by atoms with Crippen molar-refractivity contribution in [1.82, 2.24) is 15.1 Å². The fourth-order valence-electron chi connectivity index (χ4n) is 3.53. The Morgan fingerprint density at radius 2 is 2.00 bits per heavy atom. The molecule has 120 valence electrons. The molecule has 0 saturated heterocycles. The molecule has 3 nitrogen and oxygen atoms in total. The zero-order valence-corrected chi connectivity index (χ0v) is 14.7. The van der Waals surface area contributed by atoms with Crippen LogP contribution < -0.4 is 5.32 Å². The molecule has 1 aromatic heterocycles. The fourth-order valence-corrected chi connectivity index (χ4v) is 3.77. The predicted octanol–water partition coefficient (Wildman–Crippen LogP) is 4.12. The number of halogens is 1. The molecule has 1 N–H and O–H groups in total. The van der Waals surface area contributed by atoms with E-state index < -0.39 is 0 Å². The highest BCUT2D eigenvalue weighted by molar-refractivity contribution is 6.31. The third-order valence-corrected chi connectivity index (χ3v) is 5.45. The Balaban J connectivity index is 2.08. The molecule has 1 aromatic rings. The van der Waals surface area contributed by atoms with Gasteiger partial charge in [-0.3, -0.25) is 4.68 Å². The first-order valence-corrected chi connectivity index (χ1v) is 8.82. The molecule has 4 heteroatoms. The number of nitrogens with zero attached hydrogens (tertiary/aromatic N) is 2. The van der Waals surface area contributed by atoms with Crippen LogP contribution in [0.25, 0.3) is 0 Å². The van der Waals surface area contributed by atoms with E-state index in [4.69, 9.17) is 11.6 Å². The normalized spacial score (nSPS) is 24.2. The lowest BCUT2D eigenvalue weighted by Crippen LogP contribution is -2.40. The van der Waals surface area contributed by atoms with Gasteiger partial charge >= 0.3 is 0 Å². The Morgan fingerprint density at radius 1 is 1.33 bits per heavy atom. The van der Waals surface area contributed by atoms with E-state index in [9.17, 15) is 0 Å². The lowest BCUT2D eigenvalue weighted by atomic mass is 9.78. The van der Waals surface area contributed by atoms with Gasteiger partial charge in [-0.2, -0.15) is 5.10 Å². The highest BCUT2D eigenvalue weighted by Crippen LogP contribution is 2.32. The van der Waals surface area contributed by atoms with Crippen molar-refractivity contribution >= 4 is 11.6 Å². The smallest absolute Gasteiger partial charge is 0.0847 e. The lowest BCUT2D eigenvalue weighted by Gasteiger charge is -2.33. The van der Waals surface area contributed by atoms with E-state index in [0.717, 1.165) is 35.5 Å². The number of rotatable bonds is 6. The van der Waals surface area contributed by atoms with Crippen LogP contribution in [0.5, 0.6) is 0 Å². The van der Waals surface area contributed by atoms with Crippen LogP contribution >= 0.6 is 11.6 Å². The molecule has 1 heterocycles.